The Bertz CT molecular complexity index is 886. The molecule has 7 nitrogen and oxygen atoms in total. The highest BCUT2D eigenvalue weighted by molar-refractivity contribution is 5.93. The summed E-state index contributed by atoms with van der Waals surface area (Å²) in [4.78, 5) is 26.2. The van der Waals surface area contributed by atoms with Crippen molar-refractivity contribution >= 4 is 17.6 Å². The number of fused-ring (bicyclic) bond motifs is 1. The number of hydrogen-bond donors (Lipinski definition) is 2. The molecule has 0 aromatic heterocycles. The van der Waals surface area contributed by atoms with Gasteiger partial charge >= 0.3 is 6.03 Å². The van der Waals surface area contributed by atoms with Crippen molar-refractivity contribution in [2.75, 3.05) is 25.5 Å². The molecule has 3 amide bonds. The van der Waals surface area contributed by atoms with Crippen LogP contribution in [0.3, 0.4) is 0 Å². The molecule has 2 aromatic carbocycles. The molecule has 1 unspecified atom stereocenters. The first-order valence-electron chi connectivity index (χ1n) is 10.3. The second kappa shape index (κ2) is 10.0. The Labute approximate surface area is 177 Å². The van der Waals surface area contributed by atoms with Gasteiger partial charge in [-0.15, -0.1) is 0 Å². The van der Waals surface area contributed by atoms with Gasteiger partial charge in [0.25, 0.3) is 0 Å². The molecular formula is C23H29N3O4. The third-order valence-corrected chi connectivity index (χ3v) is 4.81. The van der Waals surface area contributed by atoms with E-state index in [1.165, 1.54) is 0 Å². The molecule has 1 aliphatic rings. The molecule has 7 heteroatoms. The number of carbonyl (C=O) groups excluding carboxylic acids is 2. The van der Waals surface area contributed by atoms with Crippen molar-refractivity contribution in [2.24, 2.45) is 0 Å². The highest BCUT2D eigenvalue weighted by Crippen LogP contribution is 2.38. The Morgan fingerprint density at radius 2 is 2.00 bits per heavy atom. The fraction of sp³-hybridized carbons (Fsp3) is 0.391. The fourth-order valence-corrected chi connectivity index (χ4v) is 3.37. The van der Waals surface area contributed by atoms with Crippen LogP contribution in [0.4, 0.5) is 10.5 Å². The number of urea groups is 1. The maximum atomic E-state index is 12.4. The molecule has 0 saturated heterocycles. The Balaban J connectivity index is 1.50. The van der Waals surface area contributed by atoms with Crippen molar-refractivity contribution in [3.05, 3.63) is 53.6 Å². The topological polar surface area (TPSA) is 79.9 Å². The quantitative estimate of drug-likeness (QED) is 0.696. The van der Waals surface area contributed by atoms with Gasteiger partial charge in [0.1, 0.15) is 17.6 Å². The predicted octanol–water partition coefficient (Wildman–Crippen LogP) is 3.58. The van der Waals surface area contributed by atoms with Crippen LogP contribution in [-0.4, -0.2) is 43.1 Å². The summed E-state index contributed by atoms with van der Waals surface area (Å²) < 4.78 is 11.5. The molecule has 0 aliphatic carbocycles. The molecule has 3 rings (SSSR count). The van der Waals surface area contributed by atoms with Gasteiger partial charge in [0.05, 0.1) is 12.3 Å². The number of ether oxygens (including phenoxy) is 2. The number of carbonyl (C=O) groups is 2. The van der Waals surface area contributed by atoms with E-state index in [9.17, 15) is 9.59 Å². The van der Waals surface area contributed by atoms with Gasteiger partial charge in [-0.2, -0.15) is 0 Å². The molecule has 0 fully saturated rings. The first-order valence-corrected chi connectivity index (χ1v) is 10.3. The largest absolute Gasteiger partial charge is 0.492 e. The molecule has 0 spiro atoms. The molecule has 1 atom stereocenters. The van der Waals surface area contributed by atoms with Gasteiger partial charge in [-0.3, -0.25) is 4.79 Å². The zero-order valence-corrected chi connectivity index (χ0v) is 17.7. The van der Waals surface area contributed by atoms with Gasteiger partial charge in [0.2, 0.25) is 5.91 Å². The van der Waals surface area contributed by atoms with Crippen LogP contribution in [0.2, 0.25) is 0 Å². The van der Waals surface area contributed by atoms with Gasteiger partial charge in [0, 0.05) is 44.6 Å². The molecule has 0 saturated carbocycles. The Hall–Kier alpha value is -3.22. The van der Waals surface area contributed by atoms with Crippen molar-refractivity contribution < 1.29 is 19.1 Å². The summed E-state index contributed by atoms with van der Waals surface area (Å²) in [5.74, 6) is 1.21. The van der Waals surface area contributed by atoms with E-state index in [-0.39, 0.29) is 31.0 Å². The summed E-state index contributed by atoms with van der Waals surface area (Å²) >= 11 is 0. The molecule has 1 heterocycles. The number of benzene rings is 2. The summed E-state index contributed by atoms with van der Waals surface area (Å²) in [6.07, 6.45) is 1.10. The van der Waals surface area contributed by atoms with Crippen LogP contribution >= 0.6 is 0 Å². The lowest BCUT2D eigenvalue weighted by Gasteiger charge is -2.18. The van der Waals surface area contributed by atoms with Crippen LogP contribution < -0.4 is 20.1 Å². The van der Waals surface area contributed by atoms with Gasteiger partial charge in [-0.25, -0.2) is 4.79 Å². The minimum atomic E-state index is -0.221. The monoisotopic (exact) mass is 411 g/mol. The first-order chi connectivity index (χ1) is 14.5. The lowest BCUT2D eigenvalue weighted by molar-refractivity contribution is -0.116. The van der Waals surface area contributed by atoms with Gasteiger partial charge in [0.15, 0.2) is 0 Å². The molecular weight excluding hydrogens is 382 g/mol. The number of hydrogen-bond acceptors (Lipinski definition) is 4. The zero-order valence-electron chi connectivity index (χ0n) is 17.7. The zero-order chi connectivity index (χ0) is 21.5. The number of nitrogens with one attached hydrogen (secondary N) is 2. The van der Waals surface area contributed by atoms with Crippen molar-refractivity contribution in [1.82, 2.24) is 10.2 Å². The molecule has 2 N–H and O–H groups in total. The molecule has 0 radical (unpaired) electrons. The smallest absolute Gasteiger partial charge is 0.317 e. The van der Waals surface area contributed by atoms with Crippen LogP contribution in [0.25, 0.3) is 0 Å². The standard InChI is InChI=1S/C23H29N3O4/c1-4-29-21-13-18-12-16(2)30-20(18)14-19(21)25-22(27)10-11-24-23(28)26(3)15-17-8-6-5-7-9-17/h5-9,13-14,16H,4,10-12,15H2,1-3H3,(H,24,28)(H,25,27). The van der Waals surface area contributed by atoms with Crippen LogP contribution in [0.5, 0.6) is 11.5 Å². The number of amides is 3. The third kappa shape index (κ3) is 5.65. The van der Waals surface area contributed by atoms with Crippen LogP contribution in [-0.2, 0) is 17.8 Å². The third-order valence-electron chi connectivity index (χ3n) is 4.81. The Morgan fingerprint density at radius 1 is 1.23 bits per heavy atom. The predicted molar refractivity (Wildman–Crippen MR) is 116 cm³/mol. The molecule has 2 aromatic rings. The van der Waals surface area contributed by atoms with Crippen LogP contribution in [0.1, 0.15) is 31.4 Å². The van der Waals surface area contributed by atoms with Crippen LogP contribution in [0.15, 0.2) is 42.5 Å². The SMILES string of the molecule is CCOc1cc2c(cc1NC(=O)CCNC(=O)N(C)Cc1ccccc1)OC(C)C2. The summed E-state index contributed by atoms with van der Waals surface area (Å²) in [5, 5.41) is 5.65. The summed E-state index contributed by atoms with van der Waals surface area (Å²) in [5.41, 5.74) is 2.71. The molecule has 1 aliphatic heterocycles. The van der Waals surface area contributed by atoms with Crippen molar-refractivity contribution in [3.63, 3.8) is 0 Å². The highest BCUT2D eigenvalue weighted by atomic mass is 16.5. The Morgan fingerprint density at radius 3 is 2.73 bits per heavy atom. The van der Waals surface area contributed by atoms with Gasteiger partial charge < -0.3 is 25.0 Å². The second-order valence-electron chi connectivity index (χ2n) is 7.39. The van der Waals surface area contributed by atoms with E-state index in [0.717, 1.165) is 23.3 Å². The normalized spacial score (nSPS) is 14.4. The maximum Gasteiger partial charge on any atom is 0.317 e. The molecule has 30 heavy (non-hydrogen) atoms. The van der Waals surface area contributed by atoms with Gasteiger partial charge in [-0.1, -0.05) is 30.3 Å². The van der Waals surface area contributed by atoms with E-state index < -0.39 is 0 Å². The highest BCUT2D eigenvalue weighted by Gasteiger charge is 2.22. The minimum Gasteiger partial charge on any atom is -0.492 e. The Kier molecular flexibility index (Phi) is 7.17. The lowest BCUT2D eigenvalue weighted by atomic mass is 10.1. The average Bonchev–Trinajstić information content (AvgIpc) is 3.07. The van der Waals surface area contributed by atoms with Crippen LogP contribution in [0, 0.1) is 0 Å². The van der Waals surface area contributed by atoms with E-state index in [0.29, 0.717) is 24.6 Å². The van der Waals surface area contributed by atoms with E-state index >= 15 is 0 Å². The molecule has 160 valence electrons. The van der Waals surface area contributed by atoms with E-state index in [1.54, 1.807) is 11.9 Å². The fourth-order valence-electron chi connectivity index (χ4n) is 3.37. The van der Waals surface area contributed by atoms with Gasteiger partial charge in [-0.05, 0) is 25.5 Å². The summed E-state index contributed by atoms with van der Waals surface area (Å²) in [6.45, 7) is 5.16. The molecule has 0 bridgehead atoms. The van der Waals surface area contributed by atoms with E-state index in [2.05, 4.69) is 10.6 Å². The van der Waals surface area contributed by atoms with E-state index in [1.807, 2.05) is 56.3 Å². The number of rotatable bonds is 8. The summed E-state index contributed by atoms with van der Waals surface area (Å²) in [6, 6.07) is 13.3. The van der Waals surface area contributed by atoms with Crippen molar-refractivity contribution in [3.8, 4) is 11.5 Å². The van der Waals surface area contributed by atoms with Crippen molar-refractivity contribution in [2.45, 2.75) is 39.3 Å². The second-order valence-corrected chi connectivity index (χ2v) is 7.39. The first kappa shape index (κ1) is 21.5. The summed E-state index contributed by atoms with van der Waals surface area (Å²) in [7, 11) is 1.72. The van der Waals surface area contributed by atoms with Crippen molar-refractivity contribution in [1.29, 1.82) is 0 Å². The maximum absolute atomic E-state index is 12.4. The number of nitrogens with zero attached hydrogens (tertiary/aromatic N) is 1. The number of anilines is 1. The lowest BCUT2D eigenvalue weighted by Crippen LogP contribution is -2.38. The van der Waals surface area contributed by atoms with E-state index in [4.69, 9.17) is 9.47 Å². The minimum absolute atomic E-state index is 0.114. The average molecular weight is 412 g/mol.